The zero-order chi connectivity index (χ0) is 0. The van der Waals surface area contributed by atoms with Gasteiger partial charge in [-0.25, -0.2) is 0 Å². The third-order valence-corrected chi connectivity index (χ3v) is 0. The molecule has 0 fully saturated rings. The molecular formula is H3Cl2FeK. The molecule has 0 N–H and O–H groups in total. The number of rotatable bonds is 0. The molecule has 0 aliphatic heterocycles. The molecule has 0 aromatic rings. The number of hydrogen-bond acceptors (Lipinski definition) is 0. The van der Waals surface area contributed by atoms with Crippen LogP contribution in [0.25, 0.3) is 0 Å². The summed E-state index contributed by atoms with van der Waals surface area (Å²) in [5.41, 5.74) is 0. The summed E-state index contributed by atoms with van der Waals surface area (Å²) >= 11 is 0. The van der Waals surface area contributed by atoms with Crippen molar-refractivity contribution in [2.75, 3.05) is 0 Å². The van der Waals surface area contributed by atoms with Gasteiger partial charge in [0.25, 0.3) is 0 Å². The first-order chi connectivity index (χ1) is 0. The van der Waals surface area contributed by atoms with Crippen molar-refractivity contribution in [3.63, 3.8) is 0 Å². The second-order valence-electron chi connectivity index (χ2n) is 0. The Balaban J connectivity index is 0. The van der Waals surface area contributed by atoms with Crippen molar-refractivity contribution in [1.29, 1.82) is 0 Å². The van der Waals surface area contributed by atoms with Crippen molar-refractivity contribution >= 4 is 24.8 Å². The van der Waals surface area contributed by atoms with Crippen LogP contribution < -0.4 is 51.4 Å². The molecule has 0 aromatic heterocycles. The van der Waals surface area contributed by atoms with Crippen molar-refractivity contribution in [1.82, 2.24) is 0 Å². The molecule has 0 aromatic carbocycles. The van der Waals surface area contributed by atoms with Gasteiger partial charge in [-0.1, -0.05) is 0 Å². The Kier molecular flexibility index (Phi) is 127. The first-order valence-corrected chi connectivity index (χ1v) is 0. The third kappa shape index (κ3) is 8.83. The van der Waals surface area contributed by atoms with Gasteiger partial charge in [-0.05, 0) is 0 Å². The molecular weight excluding hydrogens is 166 g/mol. The molecule has 0 amide bonds. The van der Waals surface area contributed by atoms with E-state index in [1.807, 2.05) is 0 Å². The van der Waals surface area contributed by atoms with E-state index in [0.717, 1.165) is 0 Å². The average molecular weight is 169 g/mol. The Bertz CT molecular complexity index is 9.61. The first kappa shape index (κ1) is 29.6. The molecule has 0 saturated carbocycles. The van der Waals surface area contributed by atoms with Crippen LogP contribution in [0.5, 0.6) is 0 Å². The van der Waals surface area contributed by atoms with Gasteiger partial charge in [-0.15, -0.1) is 24.8 Å². The van der Waals surface area contributed by atoms with Gasteiger partial charge in [0.2, 0.25) is 0 Å². The van der Waals surface area contributed by atoms with E-state index in [9.17, 15) is 0 Å². The molecule has 0 aliphatic rings. The zero-order valence-electron chi connectivity index (χ0n) is 3.17. The molecule has 0 unspecified atom stereocenters. The normalized spacial score (nSPS) is 0. The Morgan fingerprint density at radius 3 is 1.00 bits per heavy atom. The van der Waals surface area contributed by atoms with Crippen molar-refractivity contribution in [2.45, 2.75) is 0 Å². The summed E-state index contributed by atoms with van der Waals surface area (Å²) < 4.78 is 0. The monoisotopic (exact) mass is 168 g/mol. The van der Waals surface area contributed by atoms with Gasteiger partial charge >= 0.3 is 51.4 Å². The summed E-state index contributed by atoms with van der Waals surface area (Å²) in [7, 11) is 0. The molecule has 0 saturated heterocycles. The fourth-order valence-corrected chi connectivity index (χ4v) is 0. The summed E-state index contributed by atoms with van der Waals surface area (Å²) in [4.78, 5) is 0. The Morgan fingerprint density at radius 2 is 1.00 bits per heavy atom. The molecule has 4 heavy (non-hydrogen) atoms. The van der Waals surface area contributed by atoms with Crippen molar-refractivity contribution in [3.05, 3.63) is 0 Å². The molecule has 0 atom stereocenters. The summed E-state index contributed by atoms with van der Waals surface area (Å²) in [5, 5.41) is 0. The van der Waals surface area contributed by atoms with E-state index in [4.69, 9.17) is 0 Å². The largest absolute Gasteiger partial charge is 1.00 e. The van der Waals surface area contributed by atoms with Gasteiger partial charge in [-0.2, -0.15) is 0 Å². The first-order valence-electron chi connectivity index (χ1n) is 0. The van der Waals surface area contributed by atoms with Crippen molar-refractivity contribution in [3.8, 4) is 0 Å². The predicted octanol–water partition coefficient (Wildman–Crippen LogP) is -2.04. The van der Waals surface area contributed by atoms with Crippen molar-refractivity contribution in [2.24, 2.45) is 0 Å². The van der Waals surface area contributed by atoms with Crippen LogP contribution in [-0.2, 0) is 17.1 Å². The van der Waals surface area contributed by atoms with E-state index in [2.05, 4.69) is 0 Å². The standard InChI is InChI=1S/2ClH.Fe.K.H/h2*1H;;;/q;;;+1;-1. The predicted molar refractivity (Wildman–Crippen MR) is 15.6 cm³/mol. The summed E-state index contributed by atoms with van der Waals surface area (Å²) in [6.07, 6.45) is 0. The topological polar surface area (TPSA) is 0 Å². The third-order valence-electron chi connectivity index (χ3n) is 0. The minimum atomic E-state index is 0. The smallest absolute Gasteiger partial charge is 1.00 e. The Morgan fingerprint density at radius 1 is 1.00 bits per heavy atom. The Labute approximate surface area is 92.7 Å². The number of hydrogen-bond donors (Lipinski definition) is 0. The van der Waals surface area contributed by atoms with Crippen LogP contribution in [0, 0.1) is 0 Å². The molecule has 26 valence electrons. The van der Waals surface area contributed by atoms with Crippen LogP contribution in [0.3, 0.4) is 0 Å². The van der Waals surface area contributed by atoms with E-state index >= 15 is 0 Å². The maximum atomic E-state index is 0. The van der Waals surface area contributed by atoms with E-state index < -0.39 is 0 Å². The maximum Gasteiger partial charge on any atom is 1.00 e. The van der Waals surface area contributed by atoms with Crippen LogP contribution in [0.4, 0.5) is 0 Å². The maximum absolute atomic E-state index is 0. The second-order valence-corrected chi connectivity index (χ2v) is 0. The fourth-order valence-electron chi connectivity index (χ4n) is 0. The zero-order valence-corrected chi connectivity index (χ0v) is 8.03. The number of halogens is 2. The summed E-state index contributed by atoms with van der Waals surface area (Å²) in [6, 6.07) is 0. The van der Waals surface area contributed by atoms with Crippen LogP contribution in [0.1, 0.15) is 1.43 Å². The van der Waals surface area contributed by atoms with E-state index in [1.54, 1.807) is 0 Å². The molecule has 0 spiro atoms. The average Bonchev–Trinajstić information content (AvgIpc) is 0. The van der Waals surface area contributed by atoms with Gasteiger partial charge in [0.05, 0.1) is 0 Å². The van der Waals surface area contributed by atoms with E-state index in [-0.39, 0.29) is 94.7 Å². The molecule has 0 radical (unpaired) electrons. The Hall–Kier alpha value is 2.74. The van der Waals surface area contributed by atoms with Gasteiger partial charge < -0.3 is 1.43 Å². The molecule has 0 nitrogen and oxygen atoms in total. The molecule has 0 aliphatic carbocycles. The molecule has 0 rings (SSSR count). The minimum Gasteiger partial charge on any atom is -1.00 e. The van der Waals surface area contributed by atoms with E-state index in [0.29, 0.717) is 0 Å². The summed E-state index contributed by atoms with van der Waals surface area (Å²) in [6.45, 7) is 0. The molecule has 0 bridgehead atoms. The quantitative estimate of drug-likeness (QED) is 0.366. The van der Waals surface area contributed by atoms with Crippen LogP contribution in [0.15, 0.2) is 0 Å². The van der Waals surface area contributed by atoms with E-state index in [1.165, 1.54) is 0 Å². The van der Waals surface area contributed by atoms with Crippen LogP contribution >= 0.6 is 24.8 Å². The van der Waals surface area contributed by atoms with Crippen LogP contribution in [0.2, 0.25) is 0 Å². The van der Waals surface area contributed by atoms with Crippen molar-refractivity contribution < 1.29 is 69.9 Å². The van der Waals surface area contributed by atoms with Crippen LogP contribution in [-0.4, -0.2) is 0 Å². The minimum absolute atomic E-state index is 0. The SMILES string of the molecule is Cl.Cl.[Fe].[H-].[K+]. The molecule has 0 heterocycles. The van der Waals surface area contributed by atoms with Gasteiger partial charge in [0.1, 0.15) is 0 Å². The summed E-state index contributed by atoms with van der Waals surface area (Å²) in [5.74, 6) is 0. The second kappa shape index (κ2) is 17.2. The van der Waals surface area contributed by atoms with Gasteiger partial charge in [0, 0.05) is 17.1 Å². The molecule has 4 heteroatoms. The van der Waals surface area contributed by atoms with Gasteiger partial charge in [-0.3, -0.25) is 0 Å². The fraction of sp³-hybridized carbons (Fsp3) is 0. The van der Waals surface area contributed by atoms with Gasteiger partial charge in [0.15, 0.2) is 0 Å².